The maximum atomic E-state index is 12.2. The molecule has 1 rings (SSSR count). The Morgan fingerprint density at radius 2 is 1.94 bits per heavy atom. The number of carbonyl (C=O) groups is 1. The zero-order valence-corrected chi connectivity index (χ0v) is 10.8. The van der Waals surface area contributed by atoms with E-state index < -0.39 is 0 Å². The van der Waals surface area contributed by atoms with Crippen LogP contribution in [-0.2, 0) is 0 Å². The monoisotopic (exact) mass is 236 g/mol. The molecule has 0 fully saturated rings. The molecule has 0 bridgehead atoms. The fourth-order valence-corrected chi connectivity index (χ4v) is 1.53. The zero-order chi connectivity index (χ0) is 13.0. The highest BCUT2D eigenvalue weighted by molar-refractivity contribution is 5.92. The van der Waals surface area contributed by atoms with Crippen LogP contribution < -0.4 is 5.73 Å². The van der Waals surface area contributed by atoms with Gasteiger partial charge in [-0.25, -0.2) is 0 Å². The highest BCUT2D eigenvalue weighted by atomic mass is 16.2. The lowest BCUT2D eigenvalue weighted by Crippen LogP contribution is -2.40. The standard InChI is InChI=1S/C12H20N4O/c1-8(2)7-16(9(3)4)12(17)10-5-6-11(13)15-14-10/h5-6,8-9H,7H2,1-4H3,(H2,13,15). The molecule has 17 heavy (non-hydrogen) atoms. The third-order valence-electron chi connectivity index (χ3n) is 2.35. The van der Waals surface area contributed by atoms with E-state index >= 15 is 0 Å². The molecule has 5 heteroatoms. The predicted octanol–water partition coefficient (Wildman–Crippen LogP) is 1.57. The van der Waals surface area contributed by atoms with Crippen molar-refractivity contribution in [3.8, 4) is 0 Å². The summed E-state index contributed by atoms with van der Waals surface area (Å²) in [6.07, 6.45) is 0. The van der Waals surface area contributed by atoms with Gasteiger partial charge in [0.15, 0.2) is 5.69 Å². The van der Waals surface area contributed by atoms with Crippen LogP contribution in [0.2, 0.25) is 0 Å². The molecule has 0 radical (unpaired) electrons. The normalized spacial score (nSPS) is 10.9. The molecular formula is C12H20N4O. The summed E-state index contributed by atoms with van der Waals surface area (Å²) < 4.78 is 0. The number of aromatic nitrogens is 2. The third kappa shape index (κ3) is 3.69. The van der Waals surface area contributed by atoms with Crippen LogP contribution in [0.5, 0.6) is 0 Å². The fourth-order valence-electron chi connectivity index (χ4n) is 1.53. The van der Waals surface area contributed by atoms with Crippen LogP contribution in [0.1, 0.15) is 38.2 Å². The predicted molar refractivity (Wildman–Crippen MR) is 67.5 cm³/mol. The summed E-state index contributed by atoms with van der Waals surface area (Å²) in [5.74, 6) is 0.644. The van der Waals surface area contributed by atoms with Gasteiger partial charge in [0, 0.05) is 12.6 Å². The molecular weight excluding hydrogens is 216 g/mol. The molecule has 0 aliphatic rings. The van der Waals surface area contributed by atoms with Crippen molar-refractivity contribution in [1.82, 2.24) is 15.1 Å². The van der Waals surface area contributed by atoms with E-state index in [2.05, 4.69) is 24.0 Å². The van der Waals surface area contributed by atoms with Crippen molar-refractivity contribution in [2.45, 2.75) is 33.7 Å². The minimum Gasteiger partial charge on any atom is -0.382 e. The lowest BCUT2D eigenvalue weighted by atomic mass is 10.1. The Labute approximate surface area is 102 Å². The third-order valence-corrected chi connectivity index (χ3v) is 2.35. The maximum Gasteiger partial charge on any atom is 0.274 e. The zero-order valence-electron chi connectivity index (χ0n) is 10.8. The molecule has 0 saturated carbocycles. The van der Waals surface area contributed by atoms with Crippen LogP contribution in [0.3, 0.4) is 0 Å². The minimum absolute atomic E-state index is 0.0961. The summed E-state index contributed by atoms with van der Waals surface area (Å²) in [6, 6.07) is 3.35. The van der Waals surface area contributed by atoms with E-state index in [1.54, 1.807) is 17.0 Å². The lowest BCUT2D eigenvalue weighted by molar-refractivity contribution is 0.0674. The smallest absolute Gasteiger partial charge is 0.274 e. The first-order valence-corrected chi connectivity index (χ1v) is 5.82. The van der Waals surface area contributed by atoms with Gasteiger partial charge in [-0.05, 0) is 31.9 Å². The molecule has 2 N–H and O–H groups in total. The number of nitrogens with zero attached hydrogens (tertiary/aromatic N) is 3. The van der Waals surface area contributed by atoms with E-state index in [1.807, 2.05) is 13.8 Å². The van der Waals surface area contributed by atoms with Crippen molar-refractivity contribution in [3.63, 3.8) is 0 Å². The van der Waals surface area contributed by atoms with Crippen molar-refractivity contribution < 1.29 is 4.79 Å². The first-order chi connectivity index (χ1) is 7.91. The average molecular weight is 236 g/mol. The Hall–Kier alpha value is -1.65. The number of nitrogens with two attached hydrogens (primary N) is 1. The number of hydrogen-bond acceptors (Lipinski definition) is 4. The van der Waals surface area contributed by atoms with Crippen molar-refractivity contribution in [1.29, 1.82) is 0 Å². The maximum absolute atomic E-state index is 12.2. The molecule has 0 aliphatic carbocycles. The van der Waals surface area contributed by atoms with Gasteiger partial charge in [-0.15, -0.1) is 10.2 Å². The molecule has 1 amide bonds. The average Bonchev–Trinajstić information content (AvgIpc) is 2.25. The van der Waals surface area contributed by atoms with Crippen molar-refractivity contribution in [2.75, 3.05) is 12.3 Å². The minimum atomic E-state index is -0.0961. The van der Waals surface area contributed by atoms with E-state index in [1.165, 1.54) is 0 Å². The van der Waals surface area contributed by atoms with Gasteiger partial charge in [0.2, 0.25) is 0 Å². The SMILES string of the molecule is CC(C)CN(C(=O)c1ccc(N)nn1)C(C)C. The summed E-state index contributed by atoms with van der Waals surface area (Å²) >= 11 is 0. The van der Waals surface area contributed by atoms with Crippen molar-refractivity contribution in [3.05, 3.63) is 17.8 Å². The Balaban J connectivity index is 2.88. The summed E-state index contributed by atoms with van der Waals surface area (Å²) in [6.45, 7) is 8.85. The van der Waals surface area contributed by atoms with Gasteiger partial charge in [0.25, 0.3) is 5.91 Å². The number of nitrogen functional groups attached to an aromatic ring is 1. The Morgan fingerprint density at radius 3 is 2.35 bits per heavy atom. The second-order valence-electron chi connectivity index (χ2n) is 4.79. The van der Waals surface area contributed by atoms with Crippen LogP contribution in [0.4, 0.5) is 5.82 Å². The first-order valence-electron chi connectivity index (χ1n) is 5.82. The molecule has 0 spiro atoms. The quantitative estimate of drug-likeness (QED) is 0.861. The van der Waals surface area contributed by atoms with E-state index in [0.717, 1.165) is 0 Å². The van der Waals surface area contributed by atoms with E-state index in [0.29, 0.717) is 24.0 Å². The number of hydrogen-bond donors (Lipinski definition) is 1. The molecule has 94 valence electrons. The highest BCUT2D eigenvalue weighted by Crippen LogP contribution is 2.09. The molecule has 0 aromatic carbocycles. The number of amides is 1. The fraction of sp³-hybridized carbons (Fsp3) is 0.583. The Morgan fingerprint density at radius 1 is 1.29 bits per heavy atom. The van der Waals surface area contributed by atoms with E-state index in [9.17, 15) is 4.79 Å². The van der Waals surface area contributed by atoms with Crippen LogP contribution in [0.15, 0.2) is 12.1 Å². The number of rotatable bonds is 4. The topological polar surface area (TPSA) is 72.1 Å². The summed E-state index contributed by atoms with van der Waals surface area (Å²) in [5.41, 5.74) is 5.79. The summed E-state index contributed by atoms with van der Waals surface area (Å²) in [5, 5.41) is 7.52. The second-order valence-corrected chi connectivity index (χ2v) is 4.79. The lowest BCUT2D eigenvalue weighted by Gasteiger charge is -2.28. The molecule has 1 aromatic heterocycles. The molecule has 1 aromatic rings. The molecule has 1 heterocycles. The van der Waals surface area contributed by atoms with Crippen molar-refractivity contribution in [2.24, 2.45) is 5.92 Å². The molecule has 0 atom stereocenters. The number of anilines is 1. The van der Waals surface area contributed by atoms with Crippen LogP contribution in [0.25, 0.3) is 0 Å². The van der Waals surface area contributed by atoms with Gasteiger partial charge in [0.05, 0.1) is 0 Å². The van der Waals surface area contributed by atoms with Crippen LogP contribution in [-0.4, -0.2) is 33.6 Å². The van der Waals surface area contributed by atoms with Gasteiger partial charge >= 0.3 is 0 Å². The van der Waals surface area contributed by atoms with Crippen molar-refractivity contribution >= 4 is 11.7 Å². The largest absolute Gasteiger partial charge is 0.382 e. The summed E-state index contributed by atoms with van der Waals surface area (Å²) in [4.78, 5) is 14.0. The highest BCUT2D eigenvalue weighted by Gasteiger charge is 2.20. The molecule has 0 unspecified atom stereocenters. The van der Waals surface area contributed by atoms with Gasteiger partial charge in [-0.3, -0.25) is 4.79 Å². The molecule has 5 nitrogen and oxygen atoms in total. The van der Waals surface area contributed by atoms with E-state index in [4.69, 9.17) is 5.73 Å². The van der Waals surface area contributed by atoms with E-state index in [-0.39, 0.29) is 11.9 Å². The Bertz CT molecular complexity index is 373. The van der Waals surface area contributed by atoms with Gasteiger partial charge in [-0.2, -0.15) is 0 Å². The van der Waals surface area contributed by atoms with Gasteiger partial charge in [-0.1, -0.05) is 13.8 Å². The number of carbonyl (C=O) groups excluding carboxylic acids is 1. The molecule has 0 saturated heterocycles. The second kappa shape index (κ2) is 5.61. The Kier molecular flexibility index (Phi) is 4.43. The van der Waals surface area contributed by atoms with Crippen LogP contribution in [0, 0.1) is 5.92 Å². The van der Waals surface area contributed by atoms with Gasteiger partial charge in [0.1, 0.15) is 5.82 Å². The first kappa shape index (κ1) is 13.4. The van der Waals surface area contributed by atoms with Gasteiger partial charge < -0.3 is 10.6 Å². The van der Waals surface area contributed by atoms with Crippen LogP contribution >= 0.6 is 0 Å². The summed E-state index contributed by atoms with van der Waals surface area (Å²) in [7, 11) is 0. The molecule has 0 aliphatic heterocycles.